The van der Waals surface area contributed by atoms with Gasteiger partial charge in [-0.15, -0.1) is 0 Å². The van der Waals surface area contributed by atoms with E-state index in [1.54, 1.807) is 0 Å². The number of benzene rings is 7. The van der Waals surface area contributed by atoms with E-state index in [1.165, 1.54) is 22.3 Å². The van der Waals surface area contributed by atoms with Crippen LogP contribution in [0.5, 0.6) is 0 Å². The molecule has 1 unspecified atom stereocenters. The Morgan fingerprint density at radius 3 is 1.85 bits per heavy atom. The number of para-hydroxylation sites is 1. The molecule has 7 aromatic carbocycles. The molecule has 9 rings (SSSR count). The molecular formula is C51H39N3O. The first-order chi connectivity index (χ1) is 27.1. The van der Waals surface area contributed by atoms with Crippen molar-refractivity contribution in [2.24, 2.45) is 15.0 Å². The second kappa shape index (κ2) is 14.8. The van der Waals surface area contributed by atoms with Crippen LogP contribution in [0.2, 0.25) is 0 Å². The van der Waals surface area contributed by atoms with Crippen molar-refractivity contribution < 1.29 is 4.42 Å². The molecule has 0 spiro atoms. The van der Waals surface area contributed by atoms with Gasteiger partial charge in [-0.2, -0.15) is 0 Å². The van der Waals surface area contributed by atoms with Crippen molar-refractivity contribution in [3.8, 4) is 33.4 Å². The Hall–Kier alpha value is -6.91. The zero-order valence-corrected chi connectivity index (χ0v) is 30.7. The molecule has 0 N–H and O–H groups in total. The molecule has 8 aromatic rings. The van der Waals surface area contributed by atoms with Crippen LogP contribution in [0.4, 0.5) is 0 Å². The second-order valence-corrected chi connectivity index (χ2v) is 14.1. The largest absolute Gasteiger partial charge is 0.455 e. The van der Waals surface area contributed by atoms with Crippen LogP contribution < -0.4 is 0 Å². The van der Waals surface area contributed by atoms with Crippen LogP contribution in [-0.4, -0.2) is 18.4 Å². The first-order valence-electron chi connectivity index (χ1n) is 18.8. The summed E-state index contributed by atoms with van der Waals surface area (Å²) >= 11 is 0. The summed E-state index contributed by atoms with van der Waals surface area (Å²) in [5.41, 5.74) is 13.9. The van der Waals surface area contributed by atoms with E-state index in [4.69, 9.17) is 14.4 Å². The molecule has 1 atom stereocenters. The number of allylic oxidation sites excluding steroid dienone is 1. The lowest BCUT2D eigenvalue weighted by Gasteiger charge is -2.22. The molecule has 4 heteroatoms. The van der Waals surface area contributed by atoms with E-state index in [9.17, 15) is 0 Å². The third-order valence-corrected chi connectivity index (χ3v) is 10.5. The highest BCUT2D eigenvalue weighted by Crippen LogP contribution is 2.45. The molecule has 4 nitrogen and oxygen atoms in total. The summed E-state index contributed by atoms with van der Waals surface area (Å²) in [4.78, 5) is 14.8. The molecule has 0 fully saturated rings. The van der Waals surface area contributed by atoms with Gasteiger partial charge in [0.1, 0.15) is 11.2 Å². The van der Waals surface area contributed by atoms with Crippen molar-refractivity contribution >= 4 is 46.4 Å². The zero-order chi connectivity index (χ0) is 37.1. The lowest BCUT2D eigenvalue weighted by Crippen LogP contribution is -2.06. The molecule has 1 aliphatic carbocycles. The van der Waals surface area contributed by atoms with Crippen molar-refractivity contribution in [2.75, 3.05) is 0 Å². The summed E-state index contributed by atoms with van der Waals surface area (Å²) in [7, 11) is 0. The lowest BCUT2D eigenvalue weighted by molar-refractivity contribution is 0.663. The Bertz CT molecular complexity index is 2740. The van der Waals surface area contributed by atoms with Crippen LogP contribution >= 0.6 is 0 Å². The fourth-order valence-electron chi connectivity index (χ4n) is 7.72. The fourth-order valence-corrected chi connectivity index (χ4v) is 7.72. The highest BCUT2D eigenvalue weighted by atomic mass is 16.3. The maximum absolute atomic E-state index is 6.96. The molecule has 0 saturated heterocycles. The van der Waals surface area contributed by atoms with E-state index in [0.717, 1.165) is 67.3 Å². The standard InChI is InChI=1S/C51H39N3O/c1-34-14-12-22-43-47(34)45(40-19-10-5-11-20-40)32-46-42-21-13-23-44(48(42)55-49(43)46)51(53-33-35-24-26-38(27-25-35)36-15-6-3-7-16-36)54-50(52-2)41-30-28-39(29-31-41)37-17-8-4-9-18-37/h3-13,15-32,34H,2,14,33H2,1H3/b53-51-,54-50-. The van der Waals surface area contributed by atoms with E-state index < -0.39 is 0 Å². The Balaban J connectivity index is 1.19. The van der Waals surface area contributed by atoms with E-state index >= 15 is 0 Å². The Morgan fingerprint density at radius 1 is 0.618 bits per heavy atom. The van der Waals surface area contributed by atoms with Crippen LogP contribution in [-0.2, 0) is 6.54 Å². The number of rotatable bonds is 7. The van der Waals surface area contributed by atoms with E-state index in [2.05, 4.69) is 152 Å². The maximum Gasteiger partial charge on any atom is 0.161 e. The predicted octanol–water partition coefficient (Wildman–Crippen LogP) is 13.2. The number of hydrogen-bond acceptors (Lipinski definition) is 2. The van der Waals surface area contributed by atoms with Gasteiger partial charge in [-0.3, -0.25) is 4.99 Å². The Morgan fingerprint density at radius 2 is 1.22 bits per heavy atom. The van der Waals surface area contributed by atoms with Crippen molar-refractivity contribution in [3.63, 3.8) is 0 Å². The predicted molar refractivity (Wildman–Crippen MR) is 231 cm³/mol. The molecule has 55 heavy (non-hydrogen) atoms. The van der Waals surface area contributed by atoms with Gasteiger partial charge < -0.3 is 4.42 Å². The van der Waals surface area contributed by atoms with Crippen LogP contribution in [0.1, 0.15) is 47.1 Å². The number of aliphatic imine (C=N–C) groups is 3. The number of hydrogen-bond donors (Lipinski definition) is 0. The average molecular weight is 710 g/mol. The van der Waals surface area contributed by atoms with E-state index in [1.807, 2.05) is 42.5 Å². The van der Waals surface area contributed by atoms with Crippen LogP contribution in [0.15, 0.2) is 189 Å². The first-order valence-corrected chi connectivity index (χ1v) is 18.8. The number of fused-ring (bicyclic) bond motifs is 5. The summed E-state index contributed by atoms with van der Waals surface area (Å²) in [5, 5.41) is 2.10. The quantitative estimate of drug-likeness (QED) is 0.120. The second-order valence-electron chi connectivity index (χ2n) is 14.1. The summed E-state index contributed by atoms with van der Waals surface area (Å²) in [6.45, 7) is 6.67. The van der Waals surface area contributed by atoms with Crippen molar-refractivity contribution in [2.45, 2.75) is 25.8 Å². The molecule has 1 heterocycles. The van der Waals surface area contributed by atoms with Gasteiger partial charge in [0.05, 0.1) is 12.1 Å². The smallest absolute Gasteiger partial charge is 0.161 e. The van der Waals surface area contributed by atoms with E-state index in [0.29, 0.717) is 24.1 Å². The molecule has 0 saturated carbocycles. The summed E-state index contributed by atoms with van der Waals surface area (Å²) in [5.74, 6) is 1.38. The summed E-state index contributed by atoms with van der Waals surface area (Å²) in [6.07, 6.45) is 5.49. The van der Waals surface area contributed by atoms with Gasteiger partial charge in [-0.05, 0) is 75.7 Å². The SMILES string of the molecule is C=N/C(=N\C(=N/Cc1ccc(-c2ccccc2)cc1)c1cccc2c1oc1c3c(c(-c4ccccc4)cc12)C(C)CC=C3)c1ccc(-c2ccccc2)cc1. The number of amidine groups is 2. The minimum Gasteiger partial charge on any atom is -0.455 e. The molecular weight excluding hydrogens is 671 g/mol. The summed E-state index contributed by atoms with van der Waals surface area (Å²) in [6, 6.07) is 56.9. The van der Waals surface area contributed by atoms with Gasteiger partial charge in [0.25, 0.3) is 0 Å². The first kappa shape index (κ1) is 33.9. The zero-order valence-electron chi connectivity index (χ0n) is 30.7. The van der Waals surface area contributed by atoms with E-state index in [-0.39, 0.29) is 0 Å². The van der Waals surface area contributed by atoms with Crippen LogP contribution in [0.3, 0.4) is 0 Å². The van der Waals surface area contributed by atoms with Crippen LogP contribution in [0.25, 0.3) is 61.4 Å². The third kappa shape index (κ3) is 6.64. The molecule has 1 aromatic heterocycles. The van der Waals surface area contributed by atoms with Gasteiger partial charge in [-0.25, -0.2) is 9.98 Å². The van der Waals surface area contributed by atoms with Gasteiger partial charge in [0.2, 0.25) is 0 Å². The summed E-state index contributed by atoms with van der Waals surface area (Å²) < 4.78 is 6.96. The minimum atomic E-state index is 0.358. The number of furan rings is 1. The van der Waals surface area contributed by atoms with Crippen molar-refractivity contribution in [3.05, 3.63) is 198 Å². The highest BCUT2D eigenvalue weighted by Gasteiger charge is 2.25. The molecule has 1 aliphatic rings. The minimum absolute atomic E-state index is 0.358. The molecule has 0 amide bonds. The lowest BCUT2D eigenvalue weighted by atomic mass is 9.81. The average Bonchev–Trinajstić information content (AvgIpc) is 3.64. The van der Waals surface area contributed by atoms with Gasteiger partial charge in [0.15, 0.2) is 11.7 Å². The number of nitrogens with zero attached hydrogens (tertiary/aromatic N) is 3. The van der Waals surface area contributed by atoms with Crippen molar-refractivity contribution in [1.29, 1.82) is 0 Å². The van der Waals surface area contributed by atoms with Crippen LogP contribution in [0, 0.1) is 0 Å². The normalized spacial score (nSPS) is 14.3. The molecule has 264 valence electrons. The fraction of sp³-hybridized carbons (Fsp3) is 0.0784. The molecule has 0 radical (unpaired) electrons. The highest BCUT2D eigenvalue weighted by molar-refractivity contribution is 6.20. The Labute approximate surface area is 321 Å². The Kier molecular flexibility index (Phi) is 9.15. The molecule has 0 bridgehead atoms. The monoisotopic (exact) mass is 709 g/mol. The molecule has 0 aliphatic heterocycles. The third-order valence-electron chi connectivity index (χ3n) is 10.5. The van der Waals surface area contributed by atoms with Crippen molar-refractivity contribution in [1.82, 2.24) is 0 Å². The van der Waals surface area contributed by atoms with Gasteiger partial charge >= 0.3 is 0 Å². The van der Waals surface area contributed by atoms with Gasteiger partial charge in [-0.1, -0.05) is 171 Å². The van der Waals surface area contributed by atoms with Gasteiger partial charge in [0, 0.05) is 21.9 Å². The topological polar surface area (TPSA) is 50.2 Å². The maximum atomic E-state index is 6.96.